The van der Waals surface area contributed by atoms with Gasteiger partial charge in [0.2, 0.25) is 0 Å². The molecule has 1 amide bonds. The van der Waals surface area contributed by atoms with Gasteiger partial charge in [-0.3, -0.25) is 14.0 Å². The molecule has 1 aromatic carbocycles. The third-order valence-electron chi connectivity index (χ3n) is 3.64. The van der Waals surface area contributed by atoms with E-state index in [1.807, 2.05) is 0 Å². The lowest BCUT2D eigenvalue weighted by Gasteiger charge is -2.10. The molecule has 0 unspecified atom stereocenters. The van der Waals surface area contributed by atoms with E-state index in [2.05, 4.69) is 16.9 Å². The van der Waals surface area contributed by atoms with Gasteiger partial charge in [0.25, 0.3) is 11.5 Å². The zero-order chi connectivity index (χ0) is 18.1. The second-order valence-corrected chi connectivity index (χ2v) is 6.70. The van der Waals surface area contributed by atoms with Gasteiger partial charge in [0.05, 0.1) is 25.1 Å². The highest BCUT2D eigenvalue weighted by atomic mass is 32.1. The van der Waals surface area contributed by atoms with E-state index in [-0.39, 0.29) is 11.5 Å². The molecule has 0 saturated carbocycles. The molecule has 0 aliphatic carbocycles. The molecular formula is C16H15N3O4S2. The first-order chi connectivity index (χ1) is 12.0. The minimum atomic E-state index is -0.346. The number of nitrogens with one attached hydrogen (secondary N) is 2. The van der Waals surface area contributed by atoms with E-state index in [4.69, 9.17) is 21.7 Å². The van der Waals surface area contributed by atoms with Crippen LogP contribution in [0.3, 0.4) is 0 Å². The Bertz CT molecular complexity index is 1110. The normalized spacial score (nSPS) is 10.8. The molecule has 7 nitrogen and oxygen atoms in total. The molecule has 130 valence electrons. The number of hydrogen-bond acceptors (Lipinski definition) is 6. The van der Waals surface area contributed by atoms with E-state index >= 15 is 0 Å². The van der Waals surface area contributed by atoms with Gasteiger partial charge in [-0.2, -0.15) is 0 Å². The molecule has 0 spiro atoms. The SMILES string of the molecule is C=CCNC(=O)c1sc(=S)n2c1[nH]c(=O)c1cc(OC)c(OC)cc12. The van der Waals surface area contributed by atoms with Crippen molar-refractivity contribution in [2.75, 3.05) is 20.8 Å². The van der Waals surface area contributed by atoms with Crippen LogP contribution < -0.4 is 20.3 Å². The highest BCUT2D eigenvalue weighted by molar-refractivity contribution is 7.73. The number of methoxy groups -OCH3 is 2. The molecule has 0 bridgehead atoms. The summed E-state index contributed by atoms with van der Waals surface area (Å²) >= 11 is 6.53. The molecule has 2 heterocycles. The van der Waals surface area contributed by atoms with Gasteiger partial charge in [-0.1, -0.05) is 17.4 Å². The summed E-state index contributed by atoms with van der Waals surface area (Å²) in [6.07, 6.45) is 1.57. The van der Waals surface area contributed by atoms with Gasteiger partial charge in [0, 0.05) is 12.6 Å². The summed E-state index contributed by atoms with van der Waals surface area (Å²) in [5.41, 5.74) is 0.545. The van der Waals surface area contributed by atoms with Crippen LogP contribution in [0.25, 0.3) is 16.6 Å². The number of rotatable bonds is 5. The first kappa shape index (κ1) is 17.2. The smallest absolute Gasteiger partial charge is 0.265 e. The topological polar surface area (TPSA) is 84.8 Å². The summed E-state index contributed by atoms with van der Waals surface area (Å²) < 4.78 is 12.6. The number of fused-ring (bicyclic) bond motifs is 3. The number of aromatic amines is 1. The van der Waals surface area contributed by atoms with Crippen LogP contribution in [0.1, 0.15) is 9.67 Å². The monoisotopic (exact) mass is 377 g/mol. The highest BCUT2D eigenvalue weighted by Gasteiger charge is 2.19. The third kappa shape index (κ3) is 2.81. The van der Waals surface area contributed by atoms with Crippen molar-refractivity contribution in [1.82, 2.24) is 14.7 Å². The maximum atomic E-state index is 12.5. The minimum absolute atomic E-state index is 0.318. The van der Waals surface area contributed by atoms with Crippen molar-refractivity contribution in [2.24, 2.45) is 0 Å². The molecule has 9 heteroatoms. The maximum Gasteiger partial charge on any atom is 0.265 e. The molecule has 2 N–H and O–H groups in total. The number of thiazole rings is 1. The summed E-state index contributed by atoms with van der Waals surface area (Å²) in [4.78, 5) is 27.9. The average Bonchev–Trinajstić information content (AvgIpc) is 2.95. The van der Waals surface area contributed by atoms with E-state index in [0.29, 0.717) is 43.4 Å². The Hall–Kier alpha value is -2.65. The van der Waals surface area contributed by atoms with Gasteiger partial charge in [0.1, 0.15) is 10.5 Å². The highest BCUT2D eigenvalue weighted by Crippen LogP contribution is 2.32. The molecular weight excluding hydrogens is 362 g/mol. The van der Waals surface area contributed by atoms with E-state index in [9.17, 15) is 9.59 Å². The summed E-state index contributed by atoms with van der Waals surface area (Å²) in [6, 6.07) is 3.26. The number of nitrogens with zero attached hydrogens (tertiary/aromatic N) is 1. The molecule has 0 radical (unpaired) electrons. The largest absolute Gasteiger partial charge is 0.493 e. The summed E-state index contributed by atoms with van der Waals surface area (Å²) in [5.74, 6) is 0.576. The number of hydrogen-bond donors (Lipinski definition) is 2. The Morgan fingerprint density at radius 1 is 1.40 bits per heavy atom. The molecule has 0 atom stereocenters. The first-order valence-electron chi connectivity index (χ1n) is 7.24. The lowest BCUT2D eigenvalue weighted by Crippen LogP contribution is -2.23. The van der Waals surface area contributed by atoms with Crippen molar-refractivity contribution in [2.45, 2.75) is 0 Å². The van der Waals surface area contributed by atoms with Gasteiger partial charge in [-0.15, -0.1) is 6.58 Å². The number of ether oxygens (including phenoxy) is 2. The van der Waals surface area contributed by atoms with Crippen LogP contribution in [0, 0.1) is 3.95 Å². The van der Waals surface area contributed by atoms with E-state index in [1.165, 1.54) is 14.2 Å². The quantitative estimate of drug-likeness (QED) is 0.527. The predicted molar refractivity (Wildman–Crippen MR) is 99.9 cm³/mol. The number of carbonyl (C=O) groups is 1. The van der Waals surface area contributed by atoms with Crippen LogP contribution in [-0.4, -0.2) is 36.1 Å². The molecule has 0 saturated heterocycles. The van der Waals surface area contributed by atoms with E-state index < -0.39 is 0 Å². The molecule has 3 rings (SSSR count). The number of carbonyl (C=O) groups excluding carboxylic acids is 1. The molecule has 0 aliphatic heterocycles. The van der Waals surface area contributed by atoms with Crippen LogP contribution in [0.5, 0.6) is 11.5 Å². The maximum absolute atomic E-state index is 12.5. The number of amides is 1. The van der Waals surface area contributed by atoms with Crippen LogP contribution >= 0.6 is 23.6 Å². The fraction of sp³-hybridized carbons (Fsp3) is 0.188. The average molecular weight is 377 g/mol. The zero-order valence-electron chi connectivity index (χ0n) is 13.5. The van der Waals surface area contributed by atoms with Gasteiger partial charge >= 0.3 is 0 Å². The van der Waals surface area contributed by atoms with Crippen molar-refractivity contribution < 1.29 is 14.3 Å². The number of benzene rings is 1. The second kappa shape index (κ2) is 6.69. The van der Waals surface area contributed by atoms with Gasteiger partial charge in [-0.05, 0) is 18.3 Å². The summed E-state index contributed by atoms with van der Waals surface area (Å²) in [7, 11) is 3.00. The standard InChI is InChI=1S/C16H15N3O4S2/c1-4-5-17-15(21)12-13-18-14(20)8-6-10(22-2)11(23-3)7-9(8)19(13)16(24)25-12/h4,6-7H,1,5H2,2-3H3,(H,17,21)(H,18,20). The van der Waals surface area contributed by atoms with E-state index in [1.54, 1.807) is 22.6 Å². The fourth-order valence-corrected chi connectivity index (χ4v) is 3.81. The van der Waals surface area contributed by atoms with Crippen LogP contribution in [-0.2, 0) is 0 Å². The van der Waals surface area contributed by atoms with Crippen LogP contribution in [0.15, 0.2) is 29.6 Å². The van der Waals surface area contributed by atoms with Gasteiger partial charge < -0.3 is 19.8 Å². The fourth-order valence-electron chi connectivity index (χ4n) is 2.51. The number of H-pyrrole nitrogens is 1. The van der Waals surface area contributed by atoms with Crippen molar-refractivity contribution in [3.05, 3.63) is 44.0 Å². The lowest BCUT2D eigenvalue weighted by molar-refractivity contribution is 0.0963. The molecule has 0 fully saturated rings. The Labute approximate surface area is 151 Å². The summed E-state index contributed by atoms with van der Waals surface area (Å²) in [6.45, 7) is 3.88. The Morgan fingerprint density at radius 3 is 2.72 bits per heavy atom. The van der Waals surface area contributed by atoms with E-state index in [0.717, 1.165) is 11.3 Å². The second-order valence-electron chi connectivity index (χ2n) is 5.06. The Balaban J connectivity index is 2.38. The molecule has 2 aromatic heterocycles. The lowest BCUT2D eigenvalue weighted by atomic mass is 10.2. The zero-order valence-corrected chi connectivity index (χ0v) is 15.2. The third-order valence-corrected chi connectivity index (χ3v) is 5.02. The van der Waals surface area contributed by atoms with Crippen molar-refractivity contribution in [1.29, 1.82) is 0 Å². The van der Waals surface area contributed by atoms with Crippen molar-refractivity contribution in [3.63, 3.8) is 0 Å². The van der Waals surface area contributed by atoms with Crippen LogP contribution in [0.2, 0.25) is 0 Å². The predicted octanol–water partition coefficient (Wildman–Crippen LogP) is 2.50. The van der Waals surface area contributed by atoms with Crippen LogP contribution in [0.4, 0.5) is 0 Å². The van der Waals surface area contributed by atoms with Crippen molar-refractivity contribution >= 4 is 46.0 Å². The number of aromatic nitrogens is 2. The summed E-state index contributed by atoms with van der Waals surface area (Å²) in [5, 5.41) is 3.08. The van der Waals surface area contributed by atoms with Crippen molar-refractivity contribution in [3.8, 4) is 11.5 Å². The molecule has 0 aliphatic rings. The minimum Gasteiger partial charge on any atom is -0.493 e. The Morgan fingerprint density at radius 2 is 2.08 bits per heavy atom. The molecule has 3 aromatic rings. The molecule has 25 heavy (non-hydrogen) atoms. The van der Waals surface area contributed by atoms with Gasteiger partial charge in [0.15, 0.2) is 15.5 Å². The first-order valence-corrected chi connectivity index (χ1v) is 8.47. The van der Waals surface area contributed by atoms with Gasteiger partial charge in [-0.25, -0.2) is 0 Å². The Kier molecular flexibility index (Phi) is 4.60.